The van der Waals surface area contributed by atoms with Gasteiger partial charge in [0.1, 0.15) is 5.75 Å². The highest BCUT2D eigenvalue weighted by atomic mass is 16.5. The molecule has 4 heteroatoms. The number of carbonyl (C=O) groups excluding carboxylic acids is 1. The second-order valence-electron chi connectivity index (χ2n) is 3.94. The van der Waals surface area contributed by atoms with Gasteiger partial charge in [0.25, 0.3) is 0 Å². The third-order valence-electron chi connectivity index (χ3n) is 2.87. The van der Waals surface area contributed by atoms with Crippen molar-refractivity contribution < 1.29 is 9.53 Å². The fraction of sp³-hybridized carbons (Fsp3) is 0.462. The van der Waals surface area contributed by atoms with E-state index in [-0.39, 0.29) is 6.03 Å². The standard InChI is InChI=1S/C13H20N2O2/c1-5-9(2)10-7-6-8-11(12(10)17-4)15-13(16)14-3/h6-9H,5H2,1-4H3,(H2,14,15,16). The van der Waals surface area contributed by atoms with Crippen molar-refractivity contribution >= 4 is 11.7 Å². The van der Waals surface area contributed by atoms with Crippen molar-refractivity contribution in [3.8, 4) is 5.75 Å². The van der Waals surface area contributed by atoms with E-state index < -0.39 is 0 Å². The summed E-state index contributed by atoms with van der Waals surface area (Å²) in [5, 5.41) is 5.28. The molecule has 1 aromatic rings. The van der Waals surface area contributed by atoms with Gasteiger partial charge in [0.05, 0.1) is 12.8 Å². The number of nitrogens with one attached hydrogen (secondary N) is 2. The number of methoxy groups -OCH3 is 1. The molecular weight excluding hydrogens is 216 g/mol. The molecule has 0 saturated carbocycles. The van der Waals surface area contributed by atoms with E-state index in [9.17, 15) is 4.79 Å². The van der Waals surface area contributed by atoms with Crippen molar-refractivity contribution in [2.24, 2.45) is 0 Å². The van der Waals surface area contributed by atoms with Crippen LogP contribution in [0.1, 0.15) is 31.7 Å². The van der Waals surface area contributed by atoms with Gasteiger partial charge >= 0.3 is 6.03 Å². The molecule has 0 radical (unpaired) electrons. The lowest BCUT2D eigenvalue weighted by Crippen LogP contribution is -2.24. The van der Waals surface area contributed by atoms with Crippen LogP contribution < -0.4 is 15.4 Å². The molecule has 1 unspecified atom stereocenters. The molecule has 0 fully saturated rings. The van der Waals surface area contributed by atoms with Crippen LogP contribution >= 0.6 is 0 Å². The van der Waals surface area contributed by atoms with Gasteiger partial charge in [-0.3, -0.25) is 0 Å². The van der Waals surface area contributed by atoms with E-state index >= 15 is 0 Å². The second-order valence-corrected chi connectivity index (χ2v) is 3.94. The fourth-order valence-corrected chi connectivity index (χ4v) is 1.67. The van der Waals surface area contributed by atoms with Gasteiger partial charge in [-0.2, -0.15) is 0 Å². The molecule has 0 aromatic heterocycles. The van der Waals surface area contributed by atoms with Crippen molar-refractivity contribution in [1.82, 2.24) is 5.32 Å². The maximum atomic E-state index is 11.3. The highest BCUT2D eigenvalue weighted by Crippen LogP contribution is 2.34. The summed E-state index contributed by atoms with van der Waals surface area (Å²) in [5.41, 5.74) is 1.81. The zero-order valence-corrected chi connectivity index (χ0v) is 10.8. The maximum Gasteiger partial charge on any atom is 0.319 e. The summed E-state index contributed by atoms with van der Waals surface area (Å²) in [5.74, 6) is 1.14. The van der Waals surface area contributed by atoms with Crippen LogP contribution in [0, 0.1) is 0 Å². The molecule has 0 heterocycles. The zero-order valence-electron chi connectivity index (χ0n) is 10.8. The molecule has 2 N–H and O–H groups in total. The number of anilines is 1. The summed E-state index contributed by atoms with van der Waals surface area (Å²) in [6, 6.07) is 5.54. The molecular formula is C13H20N2O2. The van der Waals surface area contributed by atoms with Gasteiger partial charge in [-0.15, -0.1) is 0 Å². The first kappa shape index (κ1) is 13.4. The SMILES string of the molecule is CCC(C)c1cccc(NC(=O)NC)c1OC. The number of benzene rings is 1. The topological polar surface area (TPSA) is 50.4 Å². The van der Waals surface area contributed by atoms with Crippen LogP contribution in [0.2, 0.25) is 0 Å². The molecule has 0 bridgehead atoms. The van der Waals surface area contributed by atoms with Gasteiger partial charge in [-0.25, -0.2) is 4.79 Å². The molecule has 0 aliphatic carbocycles. The first-order valence-corrected chi connectivity index (χ1v) is 5.79. The number of carbonyl (C=O) groups is 1. The third-order valence-corrected chi connectivity index (χ3v) is 2.87. The summed E-state index contributed by atoms with van der Waals surface area (Å²) in [6.45, 7) is 4.27. The van der Waals surface area contributed by atoms with Gasteiger partial charge in [0.15, 0.2) is 0 Å². The van der Waals surface area contributed by atoms with Crippen LogP contribution in [0.15, 0.2) is 18.2 Å². The summed E-state index contributed by atoms with van der Waals surface area (Å²) in [4.78, 5) is 11.3. The summed E-state index contributed by atoms with van der Waals surface area (Å²) in [7, 11) is 3.20. The molecule has 17 heavy (non-hydrogen) atoms. The lowest BCUT2D eigenvalue weighted by atomic mass is 9.97. The average molecular weight is 236 g/mol. The zero-order chi connectivity index (χ0) is 12.8. The Bertz CT molecular complexity index is 391. The van der Waals surface area contributed by atoms with Gasteiger partial charge in [-0.1, -0.05) is 26.0 Å². The lowest BCUT2D eigenvalue weighted by Gasteiger charge is -2.17. The number of para-hydroxylation sites is 1. The van der Waals surface area contributed by atoms with Gasteiger partial charge in [-0.05, 0) is 24.0 Å². The number of urea groups is 1. The van der Waals surface area contributed by atoms with Crippen LogP contribution in [0.25, 0.3) is 0 Å². The average Bonchev–Trinajstić information content (AvgIpc) is 2.37. The Balaban J connectivity index is 3.09. The Kier molecular flexibility index (Phi) is 4.82. The first-order chi connectivity index (χ1) is 8.13. The normalized spacial score (nSPS) is 11.8. The van der Waals surface area contributed by atoms with E-state index in [1.54, 1.807) is 14.2 Å². The summed E-state index contributed by atoms with van der Waals surface area (Å²) in [6.07, 6.45) is 1.03. The number of ether oxygens (including phenoxy) is 1. The molecule has 0 spiro atoms. The summed E-state index contributed by atoms with van der Waals surface area (Å²) < 4.78 is 5.40. The minimum absolute atomic E-state index is 0.246. The smallest absolute Gasteiger partial charge is 0.319 e. The van der Waals surface area contributed by atoms with Crippen LogP contribution in [0.5, 0.6) is 5.75 Å². The number of amides is 2. The Morgan fingerprint density at radius 3 is 2.71 bits per heavy atom. The fourth-order valence-electron chi connectivity index (χ4n) is 1.67. The number of rotatable bonds is 4. The quantitative estimate of drug-likeness (QED) is 0.844. The highest BCUT2D eigenvalue weighted by molar-refractivity contribution is 5.91. The minimum atomic E-state index is -0.246. The monoisotopic (exact) mass is 236 g/mol. The molecule has 0 saturated heterocycles. The molecule has 2 amide bonds. The van der Waals surface area contributed by atoms with E-state index in [1.165, 1.54) is 0 Å². The first-order valence-electron chi connectivity index (χ1n) is 5.79. The van der Waals surface area contributed by atoms with E-state index in [4.69, 9.17) is 4.74 Å². The molecule has 0 aliphatic heterocycles. The largest absolute Gasteiger partial charge is 0.494 e. The van der Waals surface area contributed by atoms with E-state index in [2.05, 4.69) is 24.5 Å². The van der Waals surface area contributed by atoms with Crippen molar-refractivity contribution in [3.63, 3.8) is 0 Å². The third kappa shape index (κ3) is 3.12. The predicted octanol–water partition coefficient (Wildman–Crippen LogP) is 2.96. The van der Waals surface area contributed by atoms with Crippen LogP contribution in [-0.4, -0.2) is 20.2 Å². The predicted molar refractivity (Wildman–Crippen MR) is 69.8 cm³/mol. The van der Waals surface area contributed by atoms with Gasteiger partial charge in [0.2, 0.25) is 0 Å². The maximum absolute atomic E-state index is 11.3. The van der Waals surface area contributed by atoms with Crippen LogP contribution in [0.4, 0.5) is 10.5 Å². The minimum Gasteiger partial charge on any atom is -0.494 e. The molecule has 94 valence electrons. The Labute approximate surface area is 102 Å². The molecule has 0 aliphatic rings. The van der Waals surface area contributed by atoms with Crippen molar-refractivity contribution in [2.45, 2.75) is 26.2 Å². The van der Waals surface area contributed by atoms with E-state index in [1.807, 2.05) is 18.2 Å². The molecule has 1 aromatic carbocycles. The van der Waals surface area contributed by atoms with Crippen LogP contribution in [0.3, 0.4) is 0 Å². The second kappa shape index (κ2) is 6.13. The molecule has 4 nitrogen and oxygen atoms in total. The summed E-state index contributed by atoms with van der Waals surface area (Å²) >= 11 is 0. The van der Waals surface area contributed by atoms with E-state index in [0.717, 1.165) is 17.7 Å². The number of hydrogen-bond donors (Lipinski definition) is 2. The van der Waals surface area contributed by atoms with Crippen molar-refractivity contribution in [1.29, 1.82) is 0 Å². The van der Waals surface area contributed by atoms with Crippen molar-refractivity contribution in [3.05, 3.63) is 23.8 Å². The van der Waals surface area contributed by atoms with E-state index in [0.29, 0.717) is 11.6 Å². The highest BCUT2D eigenvalue weighted by Gasteiger charge is 2.14. The molecule has 1 atom stereocenters. The van der Waals surface area contributed by atoms with Gasteiger partial charge in [0, 0.05) is 7.05 Å². The molecule has 1 rings (SSSR count). The van der Waals surface area contributed by atoms with Crippen LogP contribution in [-0.2, 0) is 0 Å². The van der Waals surface area contributed by atoms with Gasteiger partial charge < -0.3 is 15.4 Å². The lowest BCUT2D eigenvalue weighted by molar-refractivity contribution is 0.254. The van der Waals surface area contributed by atoms with Crippen molar-refractivity contribution in [2.75, 3.05) is 19.5 Å². The Hall–Kier alpha value is -1.71. The Morgan fingerprint density at radius 1 is 1.47 bits per heavy atom. The number of hydrogen-bond acceptors (Lipinski definition) is 2. The Morgan fingerprint density at radius 2 is 2.18 bits per heavy atom.